The van der Waals surface area contributed by atoms with Crippen LogP contribution < -0.4 is 10.6 Å². The van der Waals surface area contributed by atoms with E-state index in [1.165, 1.54) is 4.88 Å². The number of anilines is 1. The van der Waals surface area contributed by atoms with Crippen molar-refractivity contribution in [2.24, 2.45) is 10.9 Å². The van der Waals surface area contributed by atoms with Crippen molar-refractivity contribution in [2.75, 3.05) is 18.0 Å². The van der Waals surface area contributed by atoms with Crippen molar-refractivity contribution in [2.45, 2.75) is 57.3 Å². The molecule has 0 radical (unpaired) electrons. The van der Waals surface area contributed by atoms with Crippen LogP contribution in [0.2, 0.25) is 0 Å². The van der Waals surface area contributed by atoms with Crippen molar-refractivity contribution in [1.82, 2.24) is 24.7 Å². The maximum absolute atomic E-state index is 13.2. The monoisotopic (exact) mass is 480 g/mol. The zero-order valence-corrected chi connectivity index (χ0v) is 18.7. The van der Waals surface area contributed by atoms with Gasteiger partial charge in [0.05, 0.1) is 24.0 Å². The Morgan fingerprint density at radius 2 is 2.12 bits per heavy atom. The summed E-state index contributed by atoms with van der Waals surface area (Å²) in [5.41, 5.74) is 7.32. The summed E-state index contributed by atoms with van der Waals surface area (Å²) in [4.78, 5) is 13.5. The van der Waals surface area contributed by atoms with Crippen molar-refractivity contribution in [1.29, 1.82) is 0 Å². The van der Waals surface area contributed by atoms with Crippen LogP contribution in [0, 0.1) is 0 Å². The van der Waals surface area contributed by atoms with Gasteiger partial charge >= 0.3 is 6.18 Å². The maximum Gasteiger partial charge on any atom is 0.451 e. The molecule has 2 aliphatic rings. The molecule has 0 saturated carbocycles. The van der Waals surface area contributed by atoms with E-state index in [4.69, 9.17) is 15.7 Å². The Morgan fingerprint density at radius 1 is 1.30 bits per heavy atom. The Bertz CT molecular complexity index is 1220. The van der Waals surface area contributed by atoms with E-state index in [1.54, 1.807) is 11.3 Å². The molecule has 0 spiro atoms. The van der Waals surface area contributed by atoms with Crippen molar-refractivity contribution >= 4 is 33.2 Å². The zero-order valence-electron chi connectivity index (χ0n) is 17.9. The molecule has 0 amide bonds. The molecule has 176 valence electrons. The van der Waals surface area contributed by atoms with Crippen molar-refractivity contribution in [3.63, 3.8) is 0 Å². The molecule has 0 bridgehead atoms. The number of alkyl halides is 3. The molecule has 5 heterocycles. The molecular formula is C20H23F3N8OS. The first-order valence-corrected chi connectivity index (χ1v) is 11.6. The highest BCUT2D eigenvalue weighted by Gasteiger charge is 2.40. The van der Waals surface area contributed by atoms with Gasteiger partial charge in [-0.05, 0) is 18.9 Å². The molecular weight excluding hydrogens is 457 g/mol. The Labute approximate surface area is 191 Å². The van der Waals surface area contributed by atoms with E-state index in [2.05, 4.69) is 28.3 Å². The summed E-state index contributed by atoms with van der Waals surface area (Å²) in [6, 6.07) is 1.69. The Kier molecular flexibility index (Phi) is 5.47. The van der Waals surface area contributed by atoms with E-state index in [-0.39, 0.29) is 12.5 Å². The number of fused-ring (bicyclic) bond motifs is 2. The predicted octanol–water partition coefficient (Wildman–Crippen LogP) is 2.96. The van der Waals surface area contributed by atoms with Gasteiger partial charge in [-0.25, -0.2) is 9.97 Å². The number of oxime groups is 1. The molecule has 2 unspecified atom stereocenters. The van der Waals surface area contributed by atoms with Gasteiger partial charge in [-0.15, -0.1) is 21.5 Å². The third-order valence-electron chi connectivity index (χ3n) is 6.16. The van der Waals surface area contributed by atoms with Gasteiger partial charge in [0, 0.05) is 35.7 Å². The fourth-order valence-corrected chi connectivity index (χ4v) is 5.69. The molecule has 0 aliphatic carbocycles. The molecule has 0 aromatic carbocycles. The van der Waals surface area contributed by atoms with Gasteiger partial charge < -0.3 is 20.4 Å². The minimum atomic E-state index is -4.53. The highest BCUT2D eigenvalue weighted by Crippen LogP contribution is 2.38. The number of thiophene rings is 1. The van der Waals surface area contributed by atoms with Crippen molar-refractivity contribution in [3.05, 3.63) is 28.3 Å². The molecule has 2 aliphatic heterocycles. The Hall–Kier alpha value is -2.80. The minimum Gasteiger partial charge on any atom is -0.411 e. The fraction of sp³-hybridized carbons (Fsp3) is 0.550. The van der Waals surface area contributed by atoms with E-state index in [9.17, 15) is 18.4 Å². The van der Waals surface area contributed by atoms with E-state index in [0.29, 0.717) is 43.4 Å². The van der Waals surface area contributed by atoms with Crippen LogP contribution >= 0.6 is 11.3 Å². The number of rotatable bonds is 4. The van der Waals surface area contributed by atoms with Crippen LogP contribution in [0.4, 0.5) is 19.1 Å². The summed E-state index contributed by atoms with van der Waals surface area (Å²) < 4.78 is 40.9. The summed E-state index contributed by atoms with van der Waals surface area (Å²) in [5.74, 6) is -0.265. The molecule has 3 N–H and O–H groups in total. The number of nitrogens with zero attached hydrogens (tertiary/aromatic N) is 7. The fourth-order valence-electron chi connectivity index (χ4n) is 4.55. The molecule has 13 heteroatoms. The lowest BCUT2D eigenvalue weighted by Gasteiger charge is -2.25. The number of nitrogens with two attached hydrogens (primary N) is 1. The van der Waals surface area contributed by atoms with Gasteiger partial charge in [0.15, 0.2) is 0 Å². The predicted molar refractivity (Wildman–Crippen MR) is 117 cm³/mol. The second kappa shape index (κ2) is 8.20. The lowest BCUT2D eigenvalue weighted by atomic mass is 9.92. The van der Waals surface area contributed by atoms with E-state index >= 15 is 0 Å². The summed E-state index contributed by atoms with van der Waals surface area (Å²) in [6.45, 7) is 3.02. The average Bonchev–Trinajstić information content (AvgIpc) is 3.47. The van der Waals surface area contributed by atoms with Crippen molar-refractivity contribution in [3.8, 4) is 0 Å². The molecule has 2 atom stereocenters. The van der Waals surface area contributed by atoms with Gasteiger partial charge in [0.25, 0.3) is 0 Å². The summed E-state index contributed by atoms with van der Waals surface area (Å²) in [7, 11) is 0. The minimum absolute atomic E-state index is 0.113. The highest BCUT2D eigenvalue weighted by molar-refractivity contribution is 7.18. The standard InChI is InChI=1S/C20H23F3N8OS/c1-2-3-11-7-12-16(10-4-5-31-15(6-10)27-28-18(31)20(21,22)23)25-19(26-17(12)33-11)30-8-13(24)14(9-30)29-32/h7,10,13,32H,2-6,8-9,24H2,1H3. The third-order valence-corrected chi connectivity index (χ3v) is 7.25. The molecule has 3 aromatic rings. The van der Waals surface area contributed by atoms with Crippen LogP contribution in [0.3, 0.4) is 0 Å². The first-order valence-electron chi connectivity index (χ1n) is 10.8. The highest BCUT2D eigenvalue weighted by atomic mass is 32.1. The van der Waals surface area contributed by atoms with Crippen LogP contribution in [0.1, 0.15) is 47.9 Å². The van der Waals surface area contributed by atoms with E-state index < -0.39 is 18.0 Å². The van der Waals surface area contributed by atoms with Crippen molar-refractivity contribution < 1.29 is 18.4 Å². The number of aromatic nitrogens is 5. The van der Waals surface area contributed by atoms with Gasteiger partial charge in [0.1, 0.15) is 10.7 Å². The zero-order chi connectivity index (χ0) is 23.3. The Balaban J connectivity index is 1.55. The van der Waals surface area contributed by atoms with Gasteiger partial charge in [0.2, 0.25) is 11.8 Å². The second-order valence-electron chi connectivity index (χ2n) is 8.45. The molecule has 1 saturated heterocycles. The molecule has 9 nitrogen and oxygen atoms in total. The van der Waals surface area contributed by atoms with Gasteiger partial charge in [-0.3, -0.25) is 0 Å². The normalized spacial score (nSPS) is 22.5. The summed E-state index contributed by atoms with van der Waals surface area (Å²) in [6.07, 6.45) is -1.82. The largest absolute Gasteiger partial charge is 0.451 e. The first kappa shape index (κ1) is 22.0. The number of aryl methyl sites for hydroxylation is 1. The van der Waals surface area contributed by atoms with E-state index in [1.807, 2.05) is 4.90 Å². The van der Waals surface area contributed by atoms with Gasteiger partial charge in [-0.2, -0.15) is 13.2 Å². The number of halogens is 3. The number of hydrogen-bond donors (Lipinski definition) is 2. The smallest absolute Gasteiger partial charge is 0.411 e. The topological polar surface area (TPSA) is 118 Å². The molecule has 33 heavy (non-hydrogen) atoms. The van der Waals surface area contributed by atoms with Crippen LogP contribution in [0.25, 0.3) is 10.2 Å². The lowest BCUT2D eigenvalue weighted by Crippen LogP contribution is -2.30. The maximum atomic E-state index is 13.2. The van der Waals surface area contributed by atoms with Crippen LogP contribution in [0.15, 0.2) is 11.2 Å². The second-order valence-corrected chi connectivity index (χ2v) is 9.56. The van der Waals surface area contributed by atoms with Gasteiger partial charge in [-0.1, -0.05) is 18.5 Å². The number of hydrogen-bond acceptors (Lipinski definition) is 9. The van der Waals surface area contributed by atoms with Crippen LogP contribution in [0.5, 0.6) is 0 Å². The quantitative estimate of drug-likeness (QED) is 0.435. The average molecular weight is 481 g/mol. The SMILES string of the molecule is CCCc1cc2c(C3CCn4c(nnc4C(F)(F)F)C3)nc(N3CC(=NO)C(N)C3)nc2s1. The van der Waals surface area contributed by atoms with Crippen LogP contribution in [-0.2, 0) is 25.6 Å². The molecule has 5 rings (SSSR count). The molecule has 3 aromatic heterocycles. The van der Waals surface area contributed by atoms with E-state index in [0.717, 1.165) is 33.3 Å². The third kappa shape index (κ3) is 3.92. The first-order chi connectivity index (χ1) is 15.8. The Morgan fingerprint density at radius 3 is 2.82 bits per heavy atom. The summed E-state index contributed by atoms with van der Waals surface area (Å²) >= 11 is 1.60. The summed E-state index contributed by atoms with van der Waals surface area (Å²) in [5, 5.41) is 20.6. The molecule has 1 fully saturated rings. The van der Waals surface area contributed by atoms with Crippen LogP contribution in [-0.4, -0.2) is 54.8 Å². The lowest BCUT2D eigenvalue weighted by molar-refractivity contribution is -0.147.